The molecule has 2 rings (SSSR count). The zero-order valence-corrected chi connectivity index (χ0v) is 17.2. The summed E-state index contributed by atoms with van der Waals surface area (Å²) in [6, 6.07) is 7.00. The molecule has 0 aliphatic carbocycles. The Morgan fingerprint density at radius 3 is 2.48 bits per heavy atom. The van der Waals surface area contributed by atoms with Crippen molar-refractivity contribution in [3.05, 3.63) is 47.3 Å². The number of hydrogen-bond acceptors (Lipinski definition) is 3. The van der Waals surface area contributed by atoms with Crippen molar-refractivity contribution in [1.82, 2.24) is 4.90 Å². The molecule has 0 fully saturated rings. The molecule has 0 aliphatic heterocycles. The zero-order chi connectivity index (χ0) is 21.8. The molecule has 0 aromatic heterocycles. The second-order valence-corrected chi connectivity index (χ2v) is 7.50. The maximum Gasteiger partial charge on any atom is 0.461 e. The third-order valence-electron chi connectivity index (χ3n) is 4.02. The van der Waals surface area contributed by atoms with Crippen LogP contribution in [0, 0.1) is 19.7 Å². The lowest BCUT2D eigenvalue weighted by molar-refractivity contribution is -0.254. The quantitative estimate of drug-likeness (QED) is 0.273. The Balaban J connectivity index is 2.27. The molecule has 9 heteroatoms. The van der Waals surface area contributed by atoms with Crippen LogP contribution in [0.15, 0.2) is 45.1 Å². The van der Waals surface area contributed by atoms with Gasteiger partial charge in [-0.1, -0.05) is 11.8 Å². The Hall–Kier alpha value is -2.29. The Labute approximate surface area is 170 Å². The van der Waals surface area contributed by atoms with E-state index in [9.17, 15) is 22.0 Å². The lowest BCUT2D eigenvalue weighted by Gasteiger charge is -2.18. The molecule has 0 N–H and O–H groups in total. The Kier molecular flexibility index (Phi) is 7.51. The molecule has 3 nitrogen and oxygen atoms in total. The molecule has 0 aliphatic rings. The highest BCUT2D eigenvalue weighted by atomic mass is 32.2. The first-order valence-electron chi connectivity index (χ1n) is 8.71. The first-order valence-corrected chi connectivity index (χ1v) is 9.53. The molecule has 2 aromatic rings. The molecule has 0 amide bonds. The van der Waals surface area contributed by atoms with Gasteiger partial charge in [0.05, 0.1) is 12.0 Å². The van der Waals surface area contributed by atoms with Crippen LogP contribution in [0.3, 0.4) is 0 Å². The van der Waals surface area contributed by atoms with Crippen molar-refractivity contribution in [3.8, 4) is 5.75 Å². The highest BCUT2D eigenvalue weighted by Crippen LogP contribution is 2.37. The molecule has 0 unspecified atom stereocenters. The first-order chi connectivity index (χ1) is 13.5. The average molecular weight is 432 g/mol. The number of aryl methyl sites for hydroxylation is 2. The number of aliphatic imine (C=N–C) groups is 1. The molecule has 158 valence electrons. The molecule has 0 saturated carbocycles. The maximum atomic E-state index is 13.7. The normalized spacial score (nSPS) is 12.1. The summed E-state index contributed by atoms with van der Waals surface area (Å²) in [5.41, 5.74) is 2.55. The predicted octanol–water partition coefficient (Wildman–Crippen LogP) is 6.44. The topological polar surface area (TPSA) is 24.8 Å². The molecule has 0 bridgehead atoms. The van der Waals surface area contributed by atoms with Gasteiger partial charge < -0.3 is 9.64 Å². The van der Waals surface area contributed by atoms with Crippen LogP contribution in [0.2, 0.25) is 0 Å². The highest BCUT2D eigenvalue weighted by Gasteiger charge is 2.44. The van der Waals surface area contributed by atoms with E-state index in [1.807, 2.05) is 44.9 Å². The summed E-state index contributed by atoms with van der Waals surface area (Å²) >= 11 is 1.18. The fourth-order valence-electron chi connectivity index (χ4n) is 2.21. The summed E-state index contributed by atoms with van der Waals surface area (Å²) in [5.74, 6) is -2.08. The molecule has 0 radical (unpaired) electrons. The largest absolute Gasteiger partial charge is 0.461 e. The number of hydrogen-bond donors (Lipinski definition) is 0. The highest BCUT2D eigenvalue weighted by molar-refractivity contribution is 7.99. The van der Waals surface area contributed by atoms with Crippen LogP contribution in [-0.4, -0.2) is 37.4 Å². The van der Waals surface area contributed by atoms with Gasteiger partial charge in [0, 0.05) is 23.4 Å². The van der Waals surface area contributed by atoms with E-state index < -0.39 is 24.1 Å². The Morgan fingerprint density at radius 2 is 1.86 bits per heavy atom. The number of benzene rings is 2. The van der Waals surface area contributed by atoms with Gasteiger partial charge in [-0.15, -0.1) is 0 Å². The summed E-state index contributed by atoms with van der Waals surface area (Å²) in [7, 11) is 1.90. The van der Waals surface area contributed by atoms with Gasteiger partial charge in [0.1, 0.15) is 0 Å². The molecule has 29 heavy (non-hydrogen) atoms. The smallest absolute Gasteiger partial charge is 0.425 e. The van der Waals surface area contributed by atoms with Gasteiger partial charge in [-0.2, -0.15) is 17.6 Å². The van der Waals surface area contributed by atoms with Gasteiger partial charge in [-0.25, -0.2) is 9.38 Å². The Morgan fingerprint density at radius 1 is 1.17 bits per heavy atom. The van der Waals surface area contributed by atoms with Crippen LogP contribution in [0.5, 0.6) is 5.75 Å². The van der Waals surface area contributed by atoms with Crippen LogP contribution in [-0.2, 0) is 0 Å². The molecule has 2 aromatic carbocycles. The molecule has 0 atom stereocenters. The first kappa shape index (κ1) is 23.0. The van der Waals surface area contributed by atoms with E-state index in [2.05, 4.69) is 9.73 Å². The minimum absolute atomic E-state index is 0.371. The minimum atomic E-state index is -4.78. The van der Waals surface area contributed by atoms with E-state index >= 15 is 0 Å². The average Bonchev–Trinajstić information content (AvgIpc) is 2.65. The number of alkyl halides is 4. The van der Waals surface area contributed by atoms with Gasteiger partial charge in [0.15, 0.2) is 11.6 Å². The van der Waals surface area contributed by atoms with Crippen LogP contribution < -0.4 is 4.74 Å². The minimum Gasteiger partial charge on any atom is -0.425 e. The van der Waals surface area contributed by atoms with Crippen LogP contribution >= 0.6 is 11.8 Å². The third kappa shape index (κ3) is 6.09. The number of ether oxygens (including phenoxy) is 1. The van der Waals surface area contributed by atoms with Crippen molar-refractivity contribution >= 4 is 23.8 Å². The number of nitrogens with zero attached hydrogens (tertiary/aromatic N) is 2. The number of halogens is 5. The van der Waals surface area contributed by atoms with Crippen LogP contribution in [0.25, 0.3) is 0 Å². The van der Waals surface area contributed by atoms with Gasteiger partial charge in [0.25, 0.3) is 0 Å². The summed E-state index contributed by atoms with van der Waals surface area (Å²) in [4.78, 5) is 7.53. The van der Waals surface area contributed by atoms with E-state index in [0.717, 1.165) is 40.4 Å². The fourth-order valence-corrected chi connectivity index (χ4v) is 3.22. The van der Waals surface area contributed by atoms with Crippen molar-refractivity contribution in [1.29, 1.82) is 0 Å². The molecule has 0 spiro atoms. The van der Waals surface area contributed by atoms with E-state index in [0.29, 0.717) is 4.90 Å². The lowest BCUT2D eigenvalue weighted by Crippen LogP contribution is -2.33. The van der Waals surface area contributed by atoms with Crippen LogP contribution in [0.4, 0.5) is 27.6 Å². The maximum absolute atomic E-state index is 13.7. The fraction of sp³-hybridized carbons (Fsp3) is 0.350. The molecule has 0 heterocycles. The molecular weight excluding hydrogens is 411 g/mol. The lowest BCUT2D eigenvalue weighted by atomic mass is 10.1. The Bertz CT molecular complexity index is 889. The van der Waals surface area contributed by atoms with Crippen molar-refractivity contribution in [3.63, 3.8) is 0 Å². The zero-order valence-electron chi connectivity index (χ0n) is 16.3. The summed E-state index contributed by atoms with van der Waals surface area (Å²) < 4.78 is 68.6. The molecule has 0 saturated heterocycles. The van der Waals surface area contributed by atoms with E-state index in [4.69, 9.17) is 0 Å². The van der Waals surface area contributed by atoms with Crippen molar-refractivity contribution in [2.24, 2.45) is 4.99 Å². The molecular formula is C20H21F5N2OS. The van der Waals surface area contributed by atoms with Gasteiger partial charge in [0.2, 0.25) is 0 Å². The SMILES string of the molecule is CCN(C)/C=N/c1cc(C)c(Sc2ccc(F)c(OC(F)(F)C(F)F)c2)cc1C. The standard InChI is InChI=1S/C20H21F5N2OS/c1-5-27(4)11-26-16-8-13(3)18(9-12(16)2)29-14-6-7-15(21)17(10-14)28-20(24,25)19(22)23/h6-11,19H,5H2,1-4H3/b26-11+. The predicted molar refractivity (Wildman–Crippen MR) is 104 cm³/mol. The van der Waals surface area contributed by atoms with E-state index in [-0.39, 0.29) is 0 Å². The monoisotopic (exact) mass is 432 g/mol. The summed E-state index contributed by atoms with van der Waals surface area (Å²) in [6.07, 6.45) is -7.12. The summed E-state index contributed by atoms with van der Waals surface area (Å²) in [5, 5.41) is 0. The summed E-state index contributed by atoms with van der Waals surface area (Å²) in [6.45, 7) is 6.55. The van der Waals surface area contributed by atoms with E-state index in [1.165, 1.54) is 17.8 Å². The van der Waals surface area contributed by atoms with Crippen molar-refractivity contribution in [2.75, 3.05) is 13.6 Å². The second-order valence-electron chi connectivity index (χ2n) is 6.38. The van der Waals surface area contributed by atoms with Gasteiger partial charge >= 0.3 is 12.5 Å². The second kappa shape index (κ2) is 9.47. The van der Waals surface area contributed by atoms with Crippen LogP contribution in [0.1, 0.15) is 18.1 Å². The van der Waals surface area contributed by atoms with Gasteiger partial charge in [-0.3, -0.25) is 0 Å². The number of rotatable bonds is 8. The van der Waals surface area contributed by atoms with E-state index in [1.54, 1.807) is 6.34 Å². The van der Waals surface area contributed by atoms with Gasteiger partial charge in [-0.05, 0) is 62.2 Å². The van der Waals surface area contributed by atoms with Crippen molar-refractivity contribution in [2.45, 2.75) is 43.1 Å². The third-order valence-corrected chi connectivity index (χ3v) is 5.17. The van der Waals surface area contributed by atoms with Crippen molar-refractivity contribution < 1.29 is 26.7 Å².